The molecule has 1 aromatic rings. The van der Waals surface area contributed by atoms with Crippen molar-refractivity contribution in [1.82, 2.24) is 0 Å². The molecule has 0 amide bonds. The van der Waals surface area contributed by atoms with E-state index in [9.17, 15) is 0 Å². The normalized spacial score (nSPS) is 20.7. The molecule has 0 bridgehead atoms. The molecule has 0 aliphatic carbocycles. The van der Waals surface area contributed by atoms with Gasteiger partial charge in [0.15, 0.2) is 0 Å². The predicted octanol–water partition coefficient (Wildman–Crippen LogP) is 2.78. The third kappa shape index (κ3) is 1.62. The van der Waals surface area contributed by atoms with Crippen molar-refractivity contribution in [3.8, 4) is 5.75 Å². The van der Waals surface area contributed by atoms with Crippen LogP contribution in [0.15, 0.2) is 12.1 Å². The maximum atomic E-state index is 5.95. The maximum Gasteiger partial charge on any atom is 0.142 e. The number of fused-ring (bicyclic) bond motifs is 1. The smallest absolute Gasteiger partial charge is 0.142 e. The summed E-state index contributed by atoms with van der Waals surface area (Å²) in [5.74, 6) is 0.685. The lowest BCUT2D eigenvalue weighted by Crippen LogP contribution is -2.20. The van der Waals surface area contributed by atoms with Gasteiger partial charge in [-0.2, -0.15) is 0 Å². The van der Waals surface area contributed by atoms with Gasteiger partial charge in [-0.25, -0.2) is 0 Å². The number of hydrogen-bond acceptors (Lipinski definition) is 2. The van der Waals surface area contributed by atoms with E-state index in [-0.39, 0.29) is 6.04 Å². The van der Waals surface area contributed by atoms with E-state index in [1.54, 1.807) is 6.07 Å². The Hall–Kier alpha value is -0.440. The Balaban J connectivity index is 2.56. The molecule has 0 saturated carbocycles. The van der Waals surface area contributed by atoms with E-state index in [1.807, 2.05) is 6.07 Å². The van der Waals surface area contributed by atoms with Crippen molar-refractivity contribution in [1.29, 1.82) is 0 Å². The first kappa shape index (κ1) is 9.13. The van der Waals surface area contributed by atoms with Gasteiger partial charge in [-0.3, -0.25) is 0 Å². The van der Waals surface area contributed by atoms with Crippen molar-refractivity contribution in [3.05, 3.63) is 27.7 Å². The van der Waals surface area contributed by atoms with Gasteiger partial charge in [-0.15, -0.1) is 0 Å². The van der Waals surface area contributed by atoms with Crippen LogP contribution in [0, 0.1) is 0 Å². The van der Waals surface area contributed by atoms with Crippen LogP contribution in [0.4, 0.5) is 0 Å². The second kappa shape index (κ2) is 3.37. The van der Waals surface area contributed by atoms with Crippen molar-refractivity contribution >= 4 is 23.2 Å². The zero-order valence-electron chi connectivity index (χ0n) is 6.89. The van der Waals surface area contributed by atoms with Gasteiger partial charge in [0.25, 0.3) is 0 Å². The number of hydrogen-bond donors (Lipinski definition) is 1. The molecule has 1 aliphatic heterocycles. The lowest BCUT2D eigenvalue weighted by atomic mass is 10.0. The van der Waals surface area contributed by atoms with Gasteiger partial charge in [-0.05, 0) is 12.1 Å². The lowest BCUT2D eigenvalue weighted by molar-refractivity contribution is 0.269. The van der Waals surface area contributed by atoms with Gasteiger partial charge < -0.3 is 10.5 Å². The Bertz CT molecular complexity index is 341. The van der Waals surface area contributed by atoms with E-state index < -0.39 is 0 Å². The van der Waals surface area contributed by atoms with Crippen LogP contribution >= 0.6 is 23.2 Å². The van der Waals surface area contributed by atoms with Crippen LogP contribution in [0.2, 0.25) is 10.0 Å². The molecule has 13 heavy (non-hydrogen) atoms. The summed E-state index contributed by atoms with van der Waals surface area (Å²) in [4.78, 5) is 0. The average molecular weight is 218 g/mol. The third-order valence-electron chi connectivity index (χ3n) is 2.11. The van der Waals surface area contributed by atoms with E-state index >= 15 is 0 Å². The molecule has 0 aromatic heterocycles. The highest BCUT2D eigenvalue weighted by Gasteiger charge is 2.20. The monoisotopic (exact) mass is 217 g/mol. The highest BCUT2D eigenvalue weighted by molar-refractivity contribution is 6.35. The fraction of sp³-hybridized carbons (Fsp3) is 0.333. The summed E-state index contributed by atoms with van der Waals surface area (Å²) in [6, 6.07) is 3.46. The van der Waals surface area contributed by atoms with Crippen LogP contribution in [0.5, 0.6) is 5.75 Å². The van der Waals surface area contributed by atoms with Crippen LogP contribution < -0.4 is 10.5 Å². The highest BCUT2D eigenvalue weighted by Crippen LogP contribution is 2.38. The van der Waals surface area contributed by atoms with Crippen LogP contribution in [0.1, 0.15) is 18.0 Å². The molecular weight excluding hydrogens is 209 g/mol. The molecule has 2 N–H and O–H groups in total. The fourth-order valence-corrected chi connectivity index (χ4v) is 2.02. The minimum absolute atomic E-state index is 0.0139. The molecule has 0 radical (unpaired) electrons. The molecule has 2 nitrogen and oxygen atoms in total. The van der Waals surface area contributed by atoms with Crippen LogP contribution in [-0.4, -0.2) is 6.61 Å². The van der Waals surface area contributed by atoms with Gasteiger partial charge >= 0.3 is 0 Å². The zero-order valence-corrected chi connectivity index (χ0v) is 8.40. The summed E-state index contributed by atoms with van der Waals surface area (Å²) < 4.78 is 5.41. The summed E-state index contributed by atoms with van der Waals surface area (Å²) >= 11 is 11.8. The lowest BCUT2D eigenvalue weighted by Gasteiger charge is -2.23. The fourth-order valence-electron chi connectivity index (χ4n) is 1.45. The molecule has 4 heteroatoms. The summed E-state index contributed by atoms with van der Waals surface area (Å²) in [7, 11) is 0. The average Bonchev–Trinajstić information content (AvgIpc) is 2.07. The zero-order chi connectivity index (χ0) is 9.42. The molecular formula is C9H9Cl2NO. The van der Waals surface area contributed by atoms with Crippen LogP contribution in [-0.2, 0) is 0 Å². The van der Waals surface area contributed by atoms with Gasteiger partial charge in [0.2, 0.25) is 0 Å². The number of ether oxygens (including phenoxy) is 1. The topological polar surface area (TPSA) is 35.2 Å². The molecule has 0 fully saturated rings. The summed E-state index contributed by atoms with van der Waals surface area (Å²) in [6.07, 6.45) is 0.809. The molecule has 1 aromatic carbocycles. The molecule has 0 spiro atoms. The second-order valence-corrected chi connectivity index (χ2v) is 3.89. The Kier molecular flexibility index (Phi) is 2.37. The van der Waals surface area contributed by atoms with E-state index in [4.69, 9.17) is 33.7 Å². The first-order valence-corrected chi connectivity index (χ1v) is 4.81. The number of halogens is 2. The largest absolute Gasteiger partial charge is 0.492 e. The maximum absolute atomic E-state index is 5.95. The minimum atomic E-state index is -0.0139. The Morgan fingerprint density at radius 3 is 2.92 bits per heavy atom. The number of rotatable bonds is 0. The van der Waals surface area contributed by atoms with Crippen LogP contribution in [0.3, 0.4) is 0 Å². The molecule has 1 aliphatic rings. The van der Waals surface area contributed by atoms with E-state index in [2.05, 4.69) is 0 Å². The summed E-state index contributed by atoms with van der Waals surface area (Å²) in [5.41, 5.74) is 6.79. The standard InChI is InChI=1S/C9H9Cl2NO/c10-5-3-6-8(12)1-2-13-9(6)7(11)4-5/h3-4,8H,1-2,12H2/t8-/m0/s1. The van der Waals surface area contributed by atoms with Gasteiger partial charge in [-0.1, -0.05) is 23.2 Å². The van der Waals surface area contributed by atoms with Crippen molar-refractivity contribution in [2.75, 3.05) is 6.61 Å². The van der Waals surface area contributed by atoms with Crippen molar-refractivity contribution in [2.24, 2.45) is 5.73 Å². The minimum Gasteiger partial charge on any atom is -0.492 e. The van der Waals surface area contributed by atoms with Gasteiger partial charge in [0, 0.05) is 23.0 Å². The predicted molar refractivity (Wildman–Crippen MR) is 53.5 cm³/mol. The van der Waals surface area contributed by atoms with Gasteiger partial charge in [0.1, 0.15) is 5.75 Å². The first-order valence-electron chi connectivity index (χ1n) is 4.06. The van der Waals surface area contributed by atoms with Crippen LogP contribution in [0.25, 0.3) is 0 Å². The molecule has 0 saturated heterocycles. The highest BCUT2D eigenvalue weighted by atomic mass is 35.5. The molecule has 2 rings (SSSR count). The number of nitrogens with two attached hydrogens (primary N) is 1. The van der Waals surface area contributed by atoms with Crippen molar-refractivity contribution < 1.29 is 4.74 Å². The quantitative estimate of drug-likeness (QED) is 0.726. The summed E-state index contributed by atoms with van der Waals surface area (Å²) in [5, 5.41) is 1.14. The molecule has 1 atom stereocenters. The van der Waals surface area contributed by atoms with Crippen molar-refractivity contribution in [2.45, 2.75) is 12.5 Å². The molecule has 1 heterocycles. The van der Waals surface area contributed by atoms with Gasteiger partial charge in [0.05, 0.1) is 11.6 Å². The summed E-state index contributed by atoms with van der Waals surface area (Å²) in [6.45, 7) is 0.621. The third-order valence-corrected chi connectivity index (χ3v) is 2.61. The van der Waals surface area contributed by atoms with E-state index in [0.29, 0.717) is 22.4 Å². The molecule has 70 valence electrons. The Morgan fingerprint density at radius 2 is 2.15 bits per heavy atom. The van der Waals surface area contributed by atoms with E-state index in [1.165, 1.54) is 0 Å². The molecule has 0 unspecified atom stereocenters. The Morgan fingerprint density at radius 1 is 1.38 bits per heavy atom. The first-order chi connectivity index (χ1) is 6.18. The van der Waals surface area contributed by atoms with Crippen molar-refractivity contribution in [3.63, 3.8) is 0 Å². The Labute approximate surface area is 86.6 Å². The second-order valence-electron chi connectivity index (χ2n) is 3.05. The number of benzene rings is 1. The SMILES string of the molecule is N[C@H]1CCOc2c(Cl)cc(Cl)cc21. The van der Waals surface area contributed by atoms with E-state index in [0.717, 1.165) is 12.0 Å².